The second-order valence-corrected chi connectivity index (χ2v) is 8.18. The van der Waals surface area contributed by atoms with Gasteiger partial charge >= 0.3 is 0 Å². The third-order valence-electron chi connectivity index (χ3n) is 6.33. The SMILES string of the molecule is CCCn1nc(C(=O)NC2C[C@H]3CC[C@@H](C2)N3C)c(=O)c2c(F)ccc(C)c21.Cl. The molecule has 3 heterocycles. The van der Waals surface area contributed by atoms with Crippen LogP contribution in [0.2, 0.25) is 0 Å². The van der Waals surface area contributed by atoms with Gasteiger partial charge in [0.05, 0.1) is 10.9 Å². The average molecular weight is 423 g/mol. The maximum atomic E-state index is 14.5. The lowest BCUT2D eigenvalue weighted by atomic mass is 9.98. The summed E-state index contributed by atoms with van der Waals surface area (Å²) in [7, 11) is 2.14. The van der Waals surface area contributed by atoms with Gasteiger partial charge in [0.2, 0.25) is 5.43 Å². The maximum absolute atomic E-state index is 14.5. The summed E-state index contributed by atoms with van der Waals surface area (Å²) in [6.45, 7) is 4.32. The first-order valence-corrected chi connectivity index (χ1v) is 10.1. The Balaban J connectivity index is 0.00000240. The number of carbonyl (C=O) groups is 1. The van der Waals surface area contributed by atoms with Gasteiger partial charge in [-0.15, -0.1) is 12.4 Å². The highest BCUT2D eigenvalue weighted by Gasteiger charge is 2.39. The van der Waals surface area contributed by atoms with E-state index in [2.05, 4.69) is 22.4 Å². The van der Waals surface area contributed by atoms with Gasteiger partial charge in [-0.1, -0.05) is 13.0 Å². The third kappa shape index (κ3) is 3.78. The number of nitrogens with zero attached hydrogens (tertiary/aromatic N) is 3. The summed E-state index contributed by atoms with van der Waals surface area (Å²) >= 11 is 0. The van der Waals surface area contributed by atoms with Gasteiger partial charge in [-0.2, -0.15) is 5.10 Å². The number of hydrogen-bond acceptors (Lipinski definition) is 4. The number of piperidine rings is 1. The number of benzene rings is 1. The maximum Gasteiger partial charge on any atom is 0.276 e. The number of nitrogens with one attached hydrogen (secondary N) is 1. The Morgan fingerprint density at radius 2 is 1.93 bits per heavy atom. The number of rotatable bonds is 4. The largest absolute Gasteiger partial charge is 0.348 e. The van der Waals surface area contributed by atoms with E-state index in [0.29, 0.717) is 24.1 Å². The Kier molecular flexibility index (Phi) is 6.29. The molecular formula is C21H28ClFN4O2. The summed E-state index contributed by atoms with van der Waals surface area (Å²) in [6.07, 6.45) is 4.82. The number of aromatic nitrogens is 2. The minimum absolute atomic E-state index is 0. The Morgan fingerprint density at radius 1 is 1.28 bits per heavy atom. The molecule has 1 unspecified atom stereocenters. The van der Waals surface area contributed by atoms with Crippen molar-refractivity contribution < 1.29 is 9.18 Å². The molecule has 0 aliphatic carbocycles. The molecule has 1 amide bonds. The molecule has 0 saturated carbocycles. The van der Waals surface area contributed by atoms with Crippen molar-refractivity contribution in [2.75, 3.05) is 7.05 Å². The molecule has 2 aliphatic rings. The van der Waals surface area contributed by atoms with Crippen LogP contribution in [0, 0.1) is 12.7 Å². The zero-order chi connectivity index (χ0) is 20.0. The second-order valence-electron chi connectivity index (χ2n) is 8.18. The van der Waals surface area contributed by atoms with Crippen molar-refractivity contribution in [2.24, 2.45) is 0 Å². The fourth-order valence-electron chi connectivity index (χ4n) is 4.86. The number of carbonyl (C=O) groups excluding carboxylic acids is 1. The third-order valence-corrected chi connectivity index (χ3v) is 6.33. The molecule has 29 heavy (non-hydrogen) atoms. The summed E-state index contributed by atoms with van der Waals surface area (Å²) in [5.74, 6) is -1.10. The Morgan fingerprint density at radius 3 is 2.55 bits per heavy atom. The molecule has 8 heteroatoms. The summed E-state index contributed by atoms with van der Waals surface area (Å²) in [4.78, 5) is 28.3. The number of hydrogen-bond donors (Lipinski definition) is 1. The molecule has 2 fully saturated rings. The summed E-state index contributed by atoms with van der Waals surface area (Å²) in [5.41, 5.74) is 0.405. The molecule has 6 nitrogen and oxygen atoms in total. The van der Waals surface area contributed by atoms with Crippen molar-refractivity contribution >= 4 is 29.2 Å². The van der Waals surface area contributed by atoms with Gasteiger partial charge in [0.15, 0.2) is 5.69 Å². The lowest BCUT2D eigenvalue weighted by molar-refractivity contribution is 0.0874. The van der Waals surface area contributed by atoms with E-state index in [9.17, 15) is 14.0 Å². The zero-order valence-electron chi connectivity index (χ0n) is 17.1. The normalized spacial score (nSPS) is 23.8. The van der Waals surface area contributed by atoms with Gasteiger partial charge in [0, 0.05) is 24.7 Å². The molecule has 4 rings (SSSR count). The molecule has 2 aliphatic heterocycles. The van der Waals surface area contributed by atoms with Crippen LogP contribution in [-0.4, -0.2) is 45.8 Å². The Hall–Kier alpha value is -1.99. The van der Waals surface area contributed by atoms with Crippen LogP contribution in [0.15, 0.2) is 16.9 Å². The number of aryl methyl sites for hydroxylation is 2. The van der Waals surface area contributed by atoms with Crippen LogP contribution >= 0.6 is 12.4 Å². The lowest BCUT2D eigenvalue weighted by Gasteiger charge is -2.36. The van der Waals surface area contributed by atoms with Crippen LogP contribution in [0.4, 0.5) is 4.39 Å². The van der Waals surface area contributed by atoms with E-state index in [1.807, 2.05) is 13.8 Å². The van der Waals surface area contributed by atoms with E-state index in [1.54, 1.807) is 10.7 Å². The van der Waals surface area contributed by atoms with Crippen LogP contribution in [0.1, 0.15) is 55.1 Å². The zero-order valence-corrected chi connectivity index (χ0v) is 17.9. The average Bonchev–Trinajstić information content (AvgIpc) is 2.87. The van der Waals surface area contributed by atoms with Gasteiger partial charge in [-0.3, -0.25) is 14.3 Å². The highest BCUT2D eigenvalue weighted by Crippen LogP contribution is 2.34. The fourth-order valence-corrected chi connectivity index (χ4v) is 4.86. The van der Waals surface area contributed by atoms with Crippen molar-refractivity contribution in [1.29, 1.82) is 0 Å². The van der Waals surface area contributed by atoms with Crippen LogP contribution in [0.5, 0.6) is 0 Å². The van der Waals surface area contributed by atoms with Crippen molar-refractivity contribution in [1.82, 2.24) is 20.0 Å². The van der Waals surface area contributed by atoms with Crippen molar-refractivity contribution in [3.8, 4) is 0 Å². The monoisotopic (exact) mass is 422 g/mol. The standard InChI is InChI=1S/C21H27FN4O2.ClH/c1-4-9-26-19-12(2)5-8-16(22)17(19)20(27)18(24-26)21(28)23-13-10-14-6-7-15(11-13)25(14)3;/h5,8,13-15H,4,6-7,9-11H2,1-3H3,(H,23,28);1H/t13?,14-,15+;. The first-order chi connectivity index (χ1) is 13.4. The number of fused-ring (bicyclic) bond motifs is 3. The van der Waals surface area contributed by atoms with Crippen LogP contribution in [-0.2, 0) is 6.54 Å². The van der Waals surface area contributed by atoms with Gasteiger partial charge in [-0.05, 0) is 57.7 Å². The Bertz CT molecular complexity index is 979. The summed E-state index contributed by atoms with van der Waals surface area (Å²) in [5, 5.41) is 7.30. The molecule has 0 radical (unpaired) electrons. The lowest BCUT2D eigenvalue weighted by Crippen LogP contribution is -2.49. The smallest absolute Gasteiger partial charge is 0.276 e. The van der Waals surface area contributed by atoms with Crippen LogP contribution in [0.3, 0.4) is 0 Å². The van der Waals surface area contributed by atoms with Gasteiger partial charge in [0.25, 0.3) is 5.91 Å². The predicted octanol–water partition coefficient (Wildman–Crippen LogP) is 3.03. The van der Waals surface area contributed by atoms with Gasteiger partial charge in [-0.25, -0.2) is 4.39 Å². The topological polar surface area (TPSA) is 67.2 Å². The van der Waals surface area contributed by atoms with E-state index < -0.39 is 17.2 Å². The molecule has 0 spiro atoms. The molecule has 2 bridgehead atoms. The molecule has 2 aromatic rings. The minimum Gasteiger partial charge on any atom is -0.348 e. The van der Waals surface area contributed by atoms with E-state index in [-0.39, 0.29) is 29.5 Å². The number of halogens is 2. The van der Waals surface area contributed by atoms with Crippen LogP contribution in [0.25, 0.3) is 10.9 Å². The van der Waals surface area contributed by atoms with E-state index in [1.165, 1.54) is 6.07 Å². The first kappa shape index (κ1) is 21.7. The predicted molar refractivity (Wildman–Crippen MR) is 113 cm³/mol. The highest BCUT2D eigenvalue weighted by atomic mass is 35.5. The van der Waals surface area contributed by atoms with E-state index >= 15 is 0 Å². The molecule has 2 saturated heterocycles. The number of amides is 1. The van der Waals surface area contributed by atoms with Gasteiger partial charge < -0.3 is 10.2 Å². The molecular weight excluding hydrogens is 395 g/mol. The molecule has 1 N–H and O–H groups in total. The second kappa shape index (κ2) is 8.40. The van der Waals surface area contributed by atoms with Gasteiger partial charge in [0.1, 0.15) is 5.82 Å². The fraction of sp³-hybridized carbons (Fsp3) is 0.571. The van der Waals surface area contributed by atoms with Crippen molar-refractivity contribution in [3.05, 3.63) is 39.4 Å². The molecule has 1 aromatic heterocycles. The van der Waals surface area contributed by atoms with Crippen molar-refractivity contribution in [3.63, 3.8) is 0 Å². The highest BCUT2D eigenvalue weighted by molar-refractivity contribution is 5.96. The Labute approximate surface area is 175 Å². The minimum atomic E-state index is -0.628. The van der Waals surface area contributed by atoms with E-state index in [4.69, 9.17) is 0 Å². The molecule has 3 atom stereocenters. The summed E-state index contributed by atoms with van der Waals surface area (Å²) < 4.78 is 16.1. The van der Waals surface area contributed by atoms with E-state index in [0.717, 1.165) is 37.7 Å². The van der Waals surface area contributed by atoms with Crippen molar-refractivity contribution in [2.45, 2.75) is 70.6 Å². The molecule has 158 valence electrons. The quantitative estimate of drug-likeness (QED) is 0.822. The molecule has 1 aromatic carbocycles. The first-order valence-electron chi connectivity index (χ1n) is 10.1. The van der Waals surface area contributed by atoms with Crippen LogP contribution < -0.4 is 10.7 Å². The summed E-state index contributed by atoms with van der Waals surface area (Å²) in [6, 6.07) is 3.90.